The van der Waals surface area contributed by atoms with E-state index in [4.69, 9.17) is 16.4 Å². The van der Waals surface area contributed by atoms with E-state index in [-0.39, 0.29) is 12.4 Å². The maximum atomic E-state index is 13.1. The van der Waals surface area contributed by atoms with Crippen LogP contribution in [0, 0.1) is 12.7 Å². The van der Waals surface area contributed by atoms with E-state index in [0.717, 1.165) is 16.5 Å². The molecule has 0 spiro atoms. The summed E-state index contributed by atoms with van der Waals surface area (Å²) in [7, 11) is 0. The maximum Gasteiger partial charge on any atom is 0.160 e. The van der Waals surface area contributed by atoms with Crippen LogP contribution in [0.2, 0.25) is 5.02 Å². The van der Waals surface area contributed by atoms with E-state index in [2.05, 4.69) is 10.1 Å². The fourth-order valence-electron chi connectivity index (χ4n) is 2.30. The number of hydrogen-bond acceptors (Lipinski definition) is 3. The predicted molar refractivity (Wildman–Crippen MR) is 90.3 cm³/mol. The molecule has 23 heavy (non-hydrogen) atoms. The molecule has 0 atom stereocenters. The molecule has 0 saturated carbocycles. The van der Waals surface area contributed by atoms with Crippen LogP contribution in [0.5, 0.6) is 0 Å². The number of nitrogens with zero attached hydrogens (tertiary/aromatic N) is 2. The average Bonchev–Trinajstić information content (AvgIpc) is 2.56. The summed E-state index contributed by atoms with van der Waals surface area (Å²) in [6.07, 6.45) is 1.45. The lowest BCUT2D eigenvalue weighted by molar-refractivity contribution is 0.129. The normalized spacial score (nSPS) is 11.3. The Morgan fingerprint density at radius 1 is 1.22 bits per heavy atom. The van der Waals surface area contributed by atoms with Crippen LogP contribution >= 0.6 is 11.6 Å². The molecule has 0 fully saturated rings. The Morgan fingerprint density at radius 2 is 2.04 bits per heavy atom. The number of fused-ring (bicyclic) bond motifs is 1. The highest BCUT2D eigenvalue weighted by atomic mass is 35.5. The smallest absolute Gasteiger partial charge is 0.160 e. The van der Waals surface area contributed by atoms with E-state index < -0.39 is 0 Å². The molecule has 0 saturated heterocycles. The van der Waals surface area contributed by atoms with Gasteiger partial charge in [0.05, 0.1) is 16.8 Å². The molecule has 0 unspecified atom stereocenters. The summed E-state index contributed by atoms with van der Waals surface area (Å²) in [6, 6.07) is 13.9. The Morgan fingerprint density at radius 3 is 2.87 bits per heavy atom. The third-order valence-electron chi connectivity index (χ3n) is 3.47. The van der Waals surface area contributed by atoms with Crippen LogP contribution in [0.15, 0.2) is 53.7 Å². The molecular formula is C18H14ClFN2O. The molecule has 0 N–H and O–H groups in total. The van der Waals surface area contributed by atoms with Crippen LogP contribution in [0.25, 0.3) is 10.9 Å². The van der Waals surface area contributed by atoms with E-state index in [1.54, 1.807) is 12.1 Å². The van der Waals surface area contributed by atoms with Crippen molar-refractivity contribution in [3.05, 3.63) is 76.2 Å². The zero-order valence-electron chi connectivity index (χ0n) is 12.5. The lowest BCUT2D eigenvalue weighted by atomic mass is 10.1. The van der Waals surface area contributed by atoms with Gasteiger partial charge >= 0.3 is 0 Å². The first kappa shape index (κ1) is 15.4. The summed E-state index contributed by atoms with van der Waals surface area (Å²) in [5.74, 6) is -0.316. The summed E-state index contributed by atoms with van der Waals surface area (Å²) < 4.78 is 13.1. The Hall–Kier alpha value is -2.46. The summed E-state index contributed by atoms with van der Waals surface area (Å²) >= 11 is 6.34. The molecular weight excluding hydrogens is 315 g/mol. The highest BCUT2D eigenvalue weighted by Crippen LogP contribution is 2.27. The highest BCUT2D eigenvalue weighted by molar-refractivity contribution is 6.32. The molecule has 5 heteroatoms. The summed E-state index contributed by atoms with van der Waals surface area (Å²) in [4.78, 5) is 9.75. The third-order valence-corrected chi connectivity index (χ3v) is 3.97. The fourth-order valence-corrected chi connectivity index (χ4v) is 2.50. The minimum atomic E-state index is -0.316. The number of rotatable bonds is 4. The second-order valence-corrected chi connectivity index (χ2v) is 5.46. The molecule has 0 radical (unpaired) electrons. The minimum absolute atomic E-state index is 0.149. The average molecular weight is 329 g/mol. The van der Waals surface area contributed by atoms with Crippen molar-refractivity contribution < 1.29 is 9.23 Å². The number of halogens is 2. The fraction of sp³-hybridized carbons (Fsp3) is 0.111. The Bertz CT molecular complexity index is 880. The lowest BCUT2D eigenvalue weighted by Gasteiger charge is -2.09. The molecule has 3 rings (SSSR count). The lowest BCUT2D eigenvalue weighted by Crippen LogP contribution is -1.97. The van der Waals surface area contributed by atoms with Crippen LogP contribution in [0.1, 0.15) is 16.8 Å². The molecule has 0 amide bonds. The van der Waals surface area contributed by atoms with Gasteiger partial charge in [-0.25, -0.2) is 9.37 Å². The van der Waals surface area contributed by atoms with Gasteiger partial charge in [-0.15, -0.1) is 0 Å². The van der Waals surface area contributed by atoms with Crippen molar-refractivity contribution in [2.24, 2.45) is 5.16 Å². The van der Waals surface area contributed by atoms with Crippen LogP contribution in [0.3, 0.4) is 0 Å². The first-order valence-electron chi connectivity index (χ1n) is 7.10. The Kier molecular flexibility index (Phi) is 4.53. The van der Waals surface area contributed by atoms with Gasteiger partial charge in [0, 0.05) is 5.39 Å². The second-order valence-electron chi connectivity index (χ2n) is 5.08. The first-order valence-corrected chi connectivity index (χ1v) is 7.47. The zero-order chi connectivity index (χ0) is 16.2. The van der Waals surface area contributed by atoms with Crippen molar-refractivity contribution in [2.75, 3.05) is 0 Å². The molecule has 1 heterocycles. The SMILES string of the molecule is Cc1c(Cl)c(CO/N=C\c2cccc(F)c2)nc2ccccc12. The third kappa shape index (κ3) is 3.48. The largest absolute Gasteiger partial charge is 0.389 e. The number of pyridine rings is 1. The van der Waals surface area contributed by atoms with Gasteiger partial charge in [-0.3, -0.25) is 0 Å². The van der Waals surface area contributed by atoms with Gasteiger partial charge in [0.1, 0.15) is 11.5 Å². The number of oxime groups is 1. The summed E-state index contributed by atoms with van der Waals surface area (Å²) in [5.41, 5.74) is 3.07. The van der Waals surface area contributed by atoms with Crippen molar-refractivity contribution in [1.82, 2.24) is 4.98 Å². The molecule has 3 aromatic rings. The van der Waals surface area contributed by atoms with Gasteiger partial charge in [0.2, 0.25) is 0 Å². The minimum Gasteiger partial charge on any atom is -0.389 e. The van der Waals surface area contributed by atoms with E-state index >= 15 is 0 Å². The van der Waals surface area contributed by atoms with Gasteiger partial charge in [-0.1, -0.05) is 47.1 Å². The quantitative estimate of drug-likeness (QED) is 0.505. The van der Waals surface area contributed by atoms with E-state index in [0.29, 0.717) is 16.3 Å². The molecule has 1 aromatic heterocycles. The second kappa shape index (κ2) is 6.75. The van der Waals surface area contributed by atoms with E-state index in [9.17, 15) is 4.39 Å². The van der Waals surface area contributed by atoms with Gasteiger partial charge < -0.3 is 4.84 Å². The van der Waals surface area contributed by atoms with Crippen molar-refractivity contribution in [1.29, 1.82) is 0 Å². The van der Waals surface area contributed by atoms with Crippen molar-refractivity contribution >= 4 is 28.7 Å². The molecule has 116 valence electrons. The molecule has 2 aromatic carbocycles. The monoisotopic (exact) mass is 328 g/mol. The first-order chi connectivity index (χ1) is 11.1. The molecule has 0 bridgehead atoms. The number of aryl methyl sites for hydroxylation is 1. The van der Waals surface area contributed by atoms with Crippen LogP contribution < -0.4 is 0 Å². The summed E-state index contributed by atoms with van der Waals surface area (Å²) in [5, 5.41) is 5.43. The Balaban J connectivity index is 1.76. The molecule has 0 aliphatic heterocycles. The van der Waals surface area contributed by atoms with Crippen molar-refractivity contribution in [3.63, 3.8) is 0 Å². The Labute approximate surface area is 138 Å². The zero-order valence-corrected chi connectivity index (χ0v) is 13.2. The highest BCUT2D eigenvalue weighted by Gasteiger charge is 2.10. The number of hydrogen-bond donors (Lipinski definition) is 0. The maximum absolute atomic E-state index is 13.1. The van der Waals surface area contributed by atoms with Crippen LogP contribution in [-0.4, -0.2) is 11.2 Å². The van der Waals surface area contributed by atoms with Gasteiger partial charge in [-0.2, -0.15) is 0 Å². The van der Waals surface area contributed by atoms with Crippen molar-refractivity contribution in [3.8, 4) is 0 Å². The van der Waals surface area contributed by atoms with Gasteiger partial charge in [0.15, 0.2) is 6.61 Å². The van der Waals surface area contributed by atoms with Crippen LogP contribution in [0.4, 0.5) is 4.39 Å². The number of para-hydroxylation sites is 1. The van der Waals surface area contributed by atoms with Crippen LogP contribution in [-0.2, 0) is 11.4 Å². The molecule has 0 aliphatic rings. The molecule has 0 aliphatic carbocycles. The predicted octanol–water partition coefficient (Wildman–Crippen LogP) is 4.89. The topological polar surface area (TPSA) is 34.5 Å². The van der Waals surface area contributed by atoms with E-state index in [1.165, 1.54) is 18.3 Å². The number of benzene rings is 2. The van der Waals surface area contributed by atoms with Crippen molar-refractivity contribution in [2.45, 2.75) is 13.5 Å². The summed E-state index contributed by atoms with van der Waals surface area (Å²) in [6.45, 7) is 2.10. The standard InChI is InChI=1S/C18H14ClFN2O/c1-12-15-7-2-3-8-16(15)22-17(18(12)19)11-23-21-10-13-5-4-6-14(20)9-13/h2-10H,11H2,1H3/b21-10-. The molecule has 3 nitrogen and oxygen atoms in total. The number of aromatic nitrogens is 1. The van der Waals surface area contributed by atoms with E-state index in [1.807, 2.05) is 31.2 Å². The van der Waals surface area contributed by atoms with Gasteiger partial charge in [0.25, 0.3) is 0 Å². The van der Waals surface area contributed by atoms with Gasteiger partial charge in [-0.05, 0) is 36.2 Å².